The summed E-state index contributed by atoms with van der Waals surface area (Å²) in [7, 11) is 2.24. The van der Waals surface area contributed by atoms with Crippen molar-refractivity contribution in [1.29, 1.82) is 0 Å². The molecule has 22 heavy (non-hydrogen) atoms. The predicted octanol–water partition coefficient (Wildman–Crippen LogP) is 3.12. The topological polar surface area (TPSA) is 29.3 Å². The summed E-state index contributed by atoms with van der Waals surface area (Å²) in [5.41, 5.74) is 9.20. The van der Waals surface area contributed by atoms with Crippen LogP contribution in [0.25, 0.3) is 0 Å². The van der Waals surface area contributed by atoms with Crippen LogP contribution in [0.5, 0.6) is 0 Å². The van der Waals surface area contributed by atoms with Crippen LogP contribution in [0.2, 0.25) is 0 Å². The van der Waals surface area contributed by atoms with E-state index in [-0.39, 0.29) is 5.54 Å². The highest BCUT2D eigenvalue weighted by Gasteiger charge is 2.45. The summed E-state index contributed by atoms with van der Waals surface area (Å²) in [5.74, 6) is 0.616. The van der Waals surface area contributed by atoms with Crippen molar-refractivity contribution in [2.75, 3.05) is 20.1 Å². The van der Waals surface area contributed by atoms with Gasteiger partial charge in [0.05, 0.1) is 0 Å². The van der Waals surface area contributed by atoms with E-state index in [0.29, 0.717) is 5.92 Å². The largest absolute Gasteiger partial charge is 0.329 e. The summed E-state index contributed by atoms with van der Waals surface area (Å²) in [6.07, 6.45) is 3.39. The fraction of sp³-hybridized carbons (Fsp3) is 0.400. The van der Waals surface area contributed by atoms with Gasteiger partial charge in [-0.15, -0.1) is 0 Å². The Hall–Kier alpha value is -1.64. The van der Waals surface area contributed by atoms with E-state index in [2.05, 4.69) is 72.6 Å². The van der Waals surface area contributed by atoms with Crippen LogP contribution in [0.1, 0.15) is 17.5 Å². The molecule has 2 aromatic carbocycles. The molecule has 2 nitrogen and oxygen atoms in total. The van der Waals surface area contributed by atoms with Crippen molar-refractivity contribution >= 4 is 0 Å². The molecule has 0 radical (unpaired) electrons. The third kappa shape index (κ3) is 2.94. The number of likely N-dealkylation sites (tertiary alicyclic amines) is 1. The zero-order chi connectivity index (χ0) is 15.4. The number of nitrogens with zero attached hydrogens (tertiary/aromatic N) is 1. The monoisotopic (exact) mass is 294 g/mol. The number of nitrogens with two attached hydrogens (primary N) is 1. The lowest BCUT2D eigenvalue weighted by molar-refractivity contribution is 0.135. The Morgan fingerprint density at radius 1 is 1.00 bits per heavy atom. The maximum absolute atomic E-state index is 6.31. The average Bonchev–Trinajstić information content (AvgIpc) is 2.86. The number of rotatable bonds is 5. The molecule has 0 aliphatic carbocycles. The van der Waals surface area contributed by atoms with Gasteiger partial charge in [0, 0.05) is 12.1 Å². The molecule has 2 aromatic rings. The third-order valence-corrected chi connectivity index (χ3v) is 5.36. The van der Waals surface area contributed by atoms with E-state index in [1.54, 1.807) is 0 Å². The van der Waals surface area contributed by atoms with Crippen LogP contribution in [-0.2, 0) is 12.8 Å². The molecule has 0 aromatic heterocycles. The maximum atomic E-state index is 6.31. The van der Waals surface area contributed by atoms with Crippen molar-refractivity contribution in [1.82, 2.24) is 4.90 Å². The van der Waals surface area contributed by atoms with Crippen molar-refractivity contribution < 1.29 is 0 Å². The summed E-state index contributed by atoms with van der Waals surface area (Å²) in [4.78, 5) is 2.49. The van der Waals surface area contributed by atoms with E-state index < -0.39 is 0 Å². The van der Waals surface area contributed by atoms with Gasteiger partial charge in [0.15, 0.2) is 0 Å². The summed E-state index contributed by atoms with van der Waals surface area (Å²) in [6.45, 7) is 1.86. The molecule has 1 heterocycles. The van der Waals surface area contributed by atoms with Crippen molar-refractivity contribution in [2.45, 2.75) is 24.8 Å². The van der Waals surface area contributed by atoms with E-state index in [4.69, 9.17) is 5.73 Å². The van der Waals surface area contributed by atoms with Gasteiger partial charge in [0.2, 0.25) is 0 Å². The highest BCUT2D eigenvalue weighted by atomic mass is 15.2. The molecular formula is C20H26N2. The van der Waals surface area contributed by atoms with Crippen molar-refractivity contribution in [3.8, 4) is 0 Å². The van der Waals surface area contributed by atoms with Gasteiger partial charge in [0.1, 0.15) is 0 Å². The molecule has 1 aliphatic rings. The lowest BCUT2D eigenvalue weighted by Crippen LogP contribution is -2.54. The molecule has 116 valence electrons. The van der Waals surface area contributed by atoms with Crippen LogP contribution in [0.4, 0.5) is 0 Å². The molecule has 2 atom stereocenters. The Labute approximate surface area is 134 Å². The van der Waals surface area contributed by atoms with E-state index in [0.717, 1.165) is 25.9 Å². The number of benzene rings is 2. The second kappa shape index (κ2) is 6.64. The first kappa shape index (κ1) is 15.3. The van der Waals surface area contributed by atoms with Gasteiger partial charge in [-0.1, -0.05) is 60.7 Å². The Kier molecular flexibility index (Phi) is 4.60. The SMILES string of the molecule is CN1CCC(Cc2ccccc2)[C@]1(CN)Cc1ccccc1. The molecule has 1 aliphatic heterocycles. The summed E-state index contributed by atoms with van der Waals surface area (Å²) < 4.78 is 0. The van der Waals surface area contributed by atoms with Gasteiger partial charge in [-0.2, -0.15) is 0 Å². The van der Waals surface area contributed by atoms with Gasteiger partial charge in [0.25, 0.3) is 0 Å². The van der Waals surface area contributed by atoms with Gasteiger partial charge >= 0.3 is 0 Å². The Bertz CT molecular complexity index is 581. The normalized spacial score (nSPS) is 25.5. The Morgan fingerprint density at radius 2 is 1.59 bits per heavy atom. The molecule has 1 saturated heterocycles. The molecule has 2 N–H and O–H groups in total. The summed E-state index contributed by atoms with van der Waals surface area (Å²) >= 11 is 0. The minimum absolute atomic E-state index is 0.0806. The Morgan fingerprint density at radius 3 is 2.18 bits per heavy atom. The fourth-order valence-corrected chi connectivity index (χ4v) is 3.97. The van der Waals surface area contributed by atoms with E-state index in [1.165, 1.54) is 17.5 Å². The van der Waals surface area contributed by atoms with Crippen molar-refractivity contribution in [2.24, 2.45) is 11.7 Å². The maximum Gasteiger partial charge on any atom is 0.0400 e. The average molecular weight is 294 g/mol. The minimum atomic E-state index is 0.0806. The van der Waals surface area contributed by atoms with Crippen LogP contribution < -0.4 is 5.73 Å². The number of likely N-dealkylation sites (N-methyl/N-ethyl adjacent to an activating group) is 1. The third-order valence-electron chi connectivity index (χ3n) is 5.36. The molecule has 1 fully saturated rings. The van der Waals surface area contributed by atoms with Crippen LogP contribution in [-0.4, -0.2) is 30.6 Å². The molecule has 2 heteroatoms. The standard InChI is InChI=1S/C20H26N2/c1-22-13-12-19(14-17-8-4-2-5-9-17)20(22,16-21)15-18-10-6-3-7-11-18/h2-11,19H,12-16,21H2,1H3/t19?,20-/m1/s1. The van der Waals surface area contributed by atoms with Gasteiger partial charge in [-0.05, 0) is 49.9 Å². The quantitative estimate of drug-likeness (QED) is 0.918. The van der Waals surface area contributed by atoms with Crippen molar-refractivity contribution in [3.05, 3.63) is 71.8 Å². The van der Waals surface area contributed by atoms with Crippen molar-refractivity contribution in [3.63, 3.8) is 0 Å². The van der Waals surface area contributed by atoms with Crippen LogP contribution in [0, 0.1) is 5.92 Å². The van der Waals surface area contributed by atoms with Gasteiger partial charge in [-0.25, -0.2) is 0 Å². The molecule has 0 saturated carbocycles. The van der Waals surface area contributed by atoms with Gasteiger partial charge in [-0.3, -0.25) is 4.90 Å². The van der Waals surface area contributed by atoms with Crippen LogP contribution in [0.3, 0.4) is 0 Å². The second-order valence-electron chi connectivity index (χ2n) is 6.57. The number of hydrogen-bond donors (Lipinski definition) is 1. The predicted molar refractivity (Wildman–Crippen MR) is 92.8 cm³/mol. The fourth-order valence-electron chi connectivity index (χ4n) is 3.97. The lowest BCUT2D eigenvalue weighted by Gasteiger charge is -2.40. The van der Waals surface area contributed by atoms with E-state index >= 15 is 0 Å². The molecule has 1 unspecified atom stereocenters. The molecular weight excluding hydrogens is 268 g/mol. The first-order valence-electron chi connectivity index (χ1n) is 8.24. The highest BCUT2D eigenvalue weighted by molar-refractivity contribution is 5.22. The second-order valence-corrected chi connectivity index (χ2v) is 6.57. The Balaban J connectivity index is 1.85. The summed E-state index contributed by atoms with van der Waals surface area (Å²) in [6, 6.07) is 21.6. The molecule has 3 rings (SSSR count). The minimum Gasteiger partial charge on any atom is -0.329 e. The van der Waals surface area contributed by atoms with E-state index in [9.17, 15) is 0 Å². The van der Waals surface area contributed by atoms with Crippen LogP contribution in [0.15, 0.2) is 60.7 Å². The molecule has 0 spiro atoms. The highest BCUT2D eigenvalue weighted by Crippen LogP contribution is 2.38. The van der Waals surface area contributed by atoms with Gasteiger partial charge < -0.3 is 5.73 Å². The number of hydrogen-bond acceptors (Lipinski definition) is 2. The van der Waals surface area contributed by atoms with Crippen LogP contribution >= 0.6 is 0 Å². The van der Waals surface area contributed by atoms with E-state index in [1.807, 2.05) is 0 Å². The first-order chi connectivity index (χ1) is 10.7. The zero-order valence-electron chi connectivity index (χ0n) is 13.4. The first-order valence-corrected chi connectivity index (χ1v) is 8.24. The zero-order valence-corrected chi connectivity index (χ0v) is 13.4. The molecule has 0 bridgehead atoms. The molecule has 0 amide bonds. The lowest BCUT2D eigenvalue weighted by atomic mass is 9.76. The smallest absolute Gasteiger partial charge is 0.0400 e. The summed E-state index contributed by atoms with van der Waals surface area (Å²) in [5, 5.41) is 0.